The van der Waals surface area contributed by atoms with E-state index in [1.807, 2.05) is 26.0 Å². The number of rotatable bonds is 11. The van der Waals surface area contributed by atoms with Gasteiger partial charge in [0.15, 0.2) is 11.6 Å². The predicted octanol–water partition coefficient (Wildman–Crippen LogP) is 5.39. The van der Waals surface area contributed by atoms with Crippen LogP contribution < -0.4 is 15.6 Å². The minimum atomic E-state index is -0.280. The molecule has 1 saturated carbocycles. The molecule has 0 amide bonds. The van der Waals surface area contributed by atoms with Crippen LogP contribution in [-0.2, 0) is 4.74 Å². The van der Waals surface area contributed by atoms with Gasteiger partial charge in [0.2, 0.25) is 0 Å². The molecule has 1 aliphatic carbocycles. The number of hydrogen-bond acceptors (Lipinski definition) is 4. The first kappa shape index (κ1) is 23.9. The maximum absolute atomic E-state index is 14.0. The van der Waals surface area contributed by atoms with Crippen LogP contribution >= 0.6 is 0 Å². The van der Waals surface area contributed by atoms with Crippen molar-refractivity contribution in [3.8, 4) is 5.75 Å². The molecule has 1 aromatic rings. The third-order valence-corrected chi connectivity index (χ3v) is 4.41. The van der Waals surface area contributed by atoms with E-state index in [0.717, 1.165) is 44.6 Å². The van der Waals surface area contributed by atoms with Gasteiger partial charge >= 0.3 is 0 Å². The smallest absolute Gasteiger partial charge is 0.165 e. The van der Waals surface area contributed by atoms with Crippen molar-refractivity contribution in [2.24, 2.45) is 5.92 Å². The highest BCUT2D eigenvalue weighted by Gasteiger charge is 2.19. The van der Waals surface area contributed by atoms with Gasteiger partial charge < -0.3 is 9.47 Å². The Hall–Kier alpha value is -1.17. The second-order valence-corrected chi connectivity index (χ2v) is 7.33. The van der Waals surface area contributed by atoms with Gasteiger partial charge in [-0.05, 0) is 62.6 Å². The molecule has 2 N–H and O–H groups in total. The average molecular weight is 383 g/mol. The molecule has 0 aromatic heterocycles. The lowest BCUT2D eigenvalue weighted by Crippen LogP contribution is -2.35. The van der Waals surface area contributed by atoms with Gasteiger partial charge in [-0.1, -0.05) is 33.8 Å². The Bertz CT molecular complexity index is 505. The number of nitrogens with one attached hydrogen (secondary N) is 2. The van der Waals surface area contributed by atoms with Crippen LogP contribution in [0.5, 0.6) is 5.75 Å². The van der Waals surface area contributed by atoms with E-state index in [1.165, 1.54) is 18.9 Å². The van der Waals surface area contributed by atoms with Gasteiger partial charge in [0.25, 0.3) is 0 Å². The van der Waals surface area contributed by atoms with Gasteiger partial charge in [-0.15, -0.1) is 0 Å². The van der Waals surface area contributed by atoms with Gasteiger partial charge in [0, 0.05) is 25.8 Å². The van der Waals surface area contributed by atoms with E-state index in [9.17, 15) is 4.39 Å². The van der Waals surface area contributed by atoms with E-state index >= 15 is 0 Å². The third kappa shape index (κ3) is 9.54. The van der Waals surface area contributed by atoms with E-state index in [4.69, 9.17) is 9.47 Å². The first-order chi connectivity index (χ1) is 13.1. The van der Waals surface area contributed by atoms with Crippen LogP contribution in [0.3, 0.4) is 0 Å². The summed E-state index contributed by atoms with van der Waals surface area (Å²) in [7, 11) is 0. The molecule has 0 spiro atoms. The molecule has 1 aromatic carbocycles. The van der Waals surface area contributed by atoms with Gasteiger partial charge in [-0.3, -0.25) is 10.9 Å². The molecular formula is C22H39FN2O2. The quantitative estimate of drug-likeness (QED) is 0.398. The summed E-state index contributed by atoms with van der Waals surface area (Å²) in [6.45, 7) is 12.7. The zero-order valence-corrected chi connectivity index (χ0v) is 17.8. The van der Waals surface area contributed by atoms with E-state index in [2.05, 4.69) is 31.6 Å². The maximum Gasteiger partial charge on any atom is 0.165 e. The Balaban J connectivity index is 0.00000176. The summed E-state index contributed by atoms with van der Waals surface area (Å²) in [5.74, 6) is 0.670. The summed E-state index contributed by atoms with van der Waals surface area (Å²) in [5, 5.41) is 0. The lowest BCUT2D eigenvalue weighted by atomic mass is 10.1. The van der Waals surface area contributed by atoms with Crippen molar-refractivity contribution in [2.45, 2.75) is 78.9 Å². The third-order valence-electron chi connectivity index (χ3n) is 4.41. The van der Waals surface area contributed by atoms with Crippen molar-refractivity contribution in [3.63, 3.8) is 0 Å². The Morgan fingerprint density at radius 1 is 1.15 bits per heavy atom. The summed E-state index contributed by atoms with van der Waals surface area (Å²) < 4.78 is 25.4. The van der Waals surface area contributed by atoms with Crippen molar-refractivity contribution in [1.29, 1.82) is 0 Å². The molecule has 5 heteroatoms. The zero-order valence-electron chi connectivity index (χ0n) is 17.8. The Labute approximate surface area is 165 Å². The van der Waals surface area contributed by atoms with Crippen LogP contribution in [0.15, 0.2) is 18.2 Å². The SMILES string of the molecule is CC.CC(C)COCCCNNC(C)c1ccc(F)c(OC2CCCC2)c1. The molecule has 4 nitrogen and oxygen atoms in total. The van der Waals surface area contributed by atoms with Crippen molar-refractivity contribution in [2.75, 3.05) is 19.8 Å². The van der Waals surface area contributed by atoms with Gasteiger partial charge in [0.1, 0.15) is 0 Å². The molecule has 0 saturated heterocycles. The lowest BCUT2D eigenvalue weighted by molar-refractivity contribution is 0.107. The van der Waals surface area contributed by atoms with Crippen molar-refractivity contribution >= 4 is 0 Å². The fourth-order valence-corrected chi connectivity index (χ4v) is 2.96. The van der Waals surface area contributed by atoms with Crippen LogP contribution in [0.1, 0.15) is 78.3 Å². The number of hydrazine groups is 1. The van der Waals surface area contributed by atoms with E-state index in [1.54, 1.807) is 0 Å². The normalized spacial score (nSPS) is 15.5. The van der Waals surface area contributed by atoms with E-state index in [0.29, 0.717) is 11.7 Å². The minimum absolute atomic E-state index is 0.0723. The van der Waals surface area contributed by atoms with Crippen LogP contribution in [-0.4, -0.2) is 25.9 Å². The highest BCUT2D eigenvalue weighted by molar-refractivity contribution is 5.32. The number of benzene rings is 1. The molecule has 0 aliphatic heterocycles. The second-order valence-electron chi connectivity index (χ2n) is 7.33. The standard InChI is InChI=1S/C20H33FN2O2.C2H6/c1-15(2)14-24-12-6-11-22-23-16(3)17-9-10-19(21)20(13-17)25-18-7-4-5-8-18;1-2/h9-10,13,15-16,18,22-23H,4-8,11-12,14H2,1-3H3;1-2H3. The largest absolute Gasteiger partial charge is 0.487 e. The monoisotopic (exact) mass is 382 g/mol. The molecule has 1 unspecified atom stereocenters. The fraction of sp³-hybridized carbons (Fsp3) is 0.727. The highest BCUT2D eigenvalue weighted by atomic mass is 19.1. The Kier molecular flexibility index (Phi) is 12.3. The Morgan fingerprint density at radius 3 is 2.52 bits per heavy atom. The van der Waals surface area contributed by atoms with E-state index < -0.39 is 0 Å². The molecule has 2 rings (SSSR count). The molecular weight excluding hydrogens is 343 g/mol. The van der Waals surface area contributed by atoms with Crippen LogP contribution in [0, 0.1) is 11.7 Å². The lowest BCUT2D eigenvalue weighted by Gasteiger charge is -2.18. The van der Waals surface area contributed by atoms with Crippen molar-refractivity contribution < 1.29 is 13.9 Å². The molecule has 27 heavy (non-hydrogen) atoms. The Morgan fingerprint density at radius 2 is 1.85 bits per heavy atom. The minimum Gasteiger partial charge on any atom is -0.487 e. The predicted molar refractivity (Wildman–Crippen MR) is 110 cm³/mol. The molecule has 1 atom stereocenters. The van der Waals surface area contributed by atoms with Gasteiger partial charge in [-0.2, -0.15) is 0 Å². The van der Waals surface area contributed by atoms with E-state index in [-0.39, 0.29) is 18.0 Å². The van der Waals surface area contributed by atoms with Crippen LogP contribution in [0.4, 0.5) is 4.39 Å². The number of ether oxygens (including phenoxy) is 2. The number of hydrogen-bond donors (Lipinski definition) is 2. The first-order valence-corrected chi connectivity index (χ1v) is 10.6. The average Bonchev–Trinajstić information content (AvgIpc) is 3.17. The van der Waals surface area contributed by atoms with Crippen molar-refractivity contribution in [3.05, 3.63) is 29.6 Å². The van der Waals surface area contributed by atoms with Gasteiger partial charge in [-0.25, -0.2) is 4.39 Å². The molecule has 1 aliphatic rings. The summed E-state index contributed by atoms with van der Waals surface area (Å²) in [4.78, 5) is 0. The highest BCUT2D eigenvalue weighted by Crippen LogP contribution is 2.28. The number of halogens is 1. The summed E-state index contributed by atoms with van der Waals surface area (Å²) in [6.07, 6.45) is 5.52. The topological polar surface area (TPSA) is 42.5 Å². The second kappa shape index (κ2) is 13.9. The van der Waals surface area contributed by atoms with Gasteiger partial charge in [0.05, 0.1) is 6.10 Å². The first-order valence-electron chi connectivity index (χ1n) is 10.6. The summed E-state index contributed by atoms with van der Waals surface area (Å²) >= 11 is 0. The molecule has 1 fully saturated rings. The molecule has 0 heterocycles. The van der Waals surface area contributed by atoms with Crippen LogP contribution in [0.25, 0.3) is 0 Å². The molecule has 0 bridgehead atoms. The fourth-order valence-electron chi connectivity index (χ4n) is 2.96. The zero-order chi connectivity index (χ0) is 20.1. The summed E-state index contributed by atoms with van der Waals surface area (Å²) in [5.41, 5.74) is 7.48. The summed E-state index contributed by atoms with van der Waals surface area (Å²) in [6, 6.07) is 5.20. The maximum atomic E-state index is 14.0. The molecule has 0 radical (unpaired) electrons. The van der Waals surface area contributed by atoms with Crippen LogP contribution in [0.2, 0.25) is 0 Å². The van der Waals surface area contributed by atoms with Crippen molar-refractivity contribution in [1.82, 2.24) is 10.9 Å². The molecule has 156 valence electrons.